The summed E-state index contributed by atoms with van der Waals surface area (Å²) in [6.45, 7) is 2.99. The van der Waals surface area contributed by atoms with E-state index in [9.17, 15) is 0 Å². The number of hydrogen-bond donors (Lipinski definition) is 1. The Morgan fingerprint density at radius 1 is 1.57 bits per heavy atom. The molecule has 0 bridgehead atoms. The summed E-state index contributed by atoms with van der Waals surface area (Å²) < 4.78 is 7.61. The number of ether oxygens (including phenoxy) is 1. The van der Waals surface area contributed by atoms with Crippen molar-refractivity contribution < 1.29 is 4.74 Å². The third-order valence-corrected chi connectivity index (χ3v) is 5.47. The van der Waals surface area contributed by atoms with Gasteiger partial charge in [-0.2, -0.15) is 5.10 Å². The van der Waals surface area contributed by atoms with E-state index in [1.165, 1.54) is 30.5 Å². The van der Waals surface area contributed by atoms with Gasteiger partial charge in [-0.25, -0.2) is 0 Å². The number of nitrogens with zero attached hydrogens (tertiary/aromatic N) is 2. The Balaban J connectivity index is 2.02. The predicted octanol–water partition coefficient (Wildman–Crippen LogP) is 3.35. The van der Waals surface area contributed by atoms with E-state index in [2.05, 4.69) is 33.5 Å². The minimum Gasteiger partial charge on any atom is -0.493 e. The maximum atomic E-state index is 5.55. The maximum absolute atomic E-state index is 5.55. The summed E-state index contributed by atoms with van der Waals surface area (Å²) in [4.78, 5) is 1.55. The van der Waals surface area contributed by atoms with Gasteiger partial charge in [0.2, 0.25) is 0 Å². The van der Waals surface area contributed by atoms with E-state index in [4.69, 9.17) is 4.74 Å². The van der Waals surface area contributed by atoms with Gasteiger partial charge in [-0.15, -0.1) is 11.3 Å². The number of hydrogen-bond acceptors (Lipinski definition) is 4. The average Bonchev–Trinajstić information content (AvgIpc) is 3.14. The molecule has 0 radical (unpaired) electrons. The Kier molecular flexibility index (Phi) is 4.31. The fourth-order valence-electron chi connectivity index (χ4n) is 3.50. The van der Waals surface area contributed by atoms with Gasteiger partial charge >= 0.3 is 0 Å². The van der Waals surface area contributed by atoms with E-state index >= 15 is 0 Å². The molecule has 1 N–H and O–H groups in total. The van der Waals surface area contributed by atoms with E-state index in [1.807, 2.05) is 24.6 Å². The van der Waals surface area contributed by atoms with E-state index in [0.717, 1.165) is 12.3 Å². The number of aromatic nitrogens is 2. The first-order valence-corrected chi connectivity index (χ1v) is 8.51. The Morgan fingerprint density at radius 3 is 3.14 bits per heavy atom. The van der Waals surface area contributed by atoms with Crippen LogP contribution in [0.15, 0.2) is 17.6 Å². The number of methoxy groups -OCH3 is 1. The van der Waals surface area contributed by atoms with Crippen LogP contribution in [-0.4, -0.2) is 23.9 Å². The minimum atomic E-state index is 0.246. The van der Waals surface area contributed by atoms with Gasteiger partial charge in [0, 0.05) is 17.3 Å². The van der Waals surface area contributed by atoms with Crippen molar-refractivity contribution in [1.82, 2.24) is 15.1 Å². The van der Waals surface area contributed by atoms with Gasteiger partial charge in [-0.1, -0.05) is 0 Å². The second-order valence-electron chi connectivity index (χ2n) is 5.48. The molecule has 0 saturated carbocycles. The van der Waals surface area contributed by atoms with Crippen molar-refractivity contribution in [3.05, 3.63) is 33.8 Å². The van der Waals surface area contributed by atoms with Crippen molar-refractivity contribution in [3.8, 4) is 5.75 Å². The summed E-state index contributed by atoms with van der Waals surface area (Å²) in [6, 6.07) is 2.55. The lowest BCUT2D eigenvalue weighted by molar-refractivity contribution is 0.365. The lowest BCUT2D eigenvalue weighted by Gasteiger charge is -2.31. The molecule has 4 nitrogen and oxygen atoms in total. The smallest absolute Gasteiger partial charge is 0.161 e. The van der Waals surface area contributed by atoms with Crippen LogP contribution in [0.5, 0.6) is 5.75 Å². The summed E-state index contributed by atoms with van der Waals surface area (Å²) >= 11 is 1.89. The van der Waals surface area contributed by atoms with Crippen molar-refractivity contribution in [3.63, 3.8) is 0 Å². The lowest BCUT2D eigenvalue weighted by atomic mass is 9.81. The number of rotatable bonds is 5. The van der Waals surface area contributed by atoms with Crippen LogP contribution in [-0.2, 0) is 13.0 Å². The highest BCUT2D eigenvalue weighted by atomic mass is 32.1. The second-order valence-corrected chi connectivity index (χ2v) is 6.48. The van der Waals surface area contributed by atoms with Gasteiger partial charge in [0.25, 0.3) is 0 Å². The van der Waals surface area contributed by atoms with Crippen LogP contribution >= 0.6 is 11.3 Å². The number of fused-ring (bicyclic) bond motifs is 1. The molecule has 1 aliphatic carbocycles. The largest absolute Gasteiger partial charge is 0.493 e. The fourth-order valence-corrected chi connectivity index (χ4v) is 4.49. The third-order valence-electron chi connectivity index (χ3n) is 4.47. The van der Waals surface area contributed by atoms with Gasteiger partial charge in [-0.05, 0) is 50.2 Å². The van der Waals surface area contributed by atoms with Crippen LogP contribution in [0.2, 0.25) is 0 Å². The molecule has 21 heavy (non-hydrogen) atoms. The molecule has 0 aromatic carbocycles. The van der Waals surface area contributed by atoms with Crippen LogP contribution in [0.4, 0.5) is 0 Å². The molecule has 1 aliphatic rings. The lowest BCUT2D eigenvalue weighted by Crippen LogP contribution is -2.28. The minimum absolute atomic E-state index is 0.246. The molecule has 5 heteroatoms. The molecule has 2 aromatic rings. The van der Waals surface area contributed by atoms with Crippen molar-refractivity contribution in [1.29, 1.82) is 0 Å². The molecule has 2 unspecified atom stereocenters. The quantitative estimate of drug-likeness (QED) is 0.920. The van der Waals surface area contributed by atoms with Gasteiger partial charge in [0.1, 0.15) is 0 Å². The van der Waals surface area contributed by atoms with Crippen LogP contribution < -0.4 is 10.1 Å². The number of nitrogens with one attached hydrogen (secondary N) is 1. The van der Waals surface area contributed by atoms with Gasteiger partial charge in [-0.3, -0.25) is 4.68 Å². The van der Waals surface area contributed by atoms with Crippen LogP contribution in [0.25, 0.3) is 0 Å². The first-order valence-electron chi connectivity index (χ1n) is 7.63. The summed E-state index contributed by atoms with van der Waals surface area (Å²) in [6.07, 6.45) is 5.54. The molecule has 0 amide bonds. The fraction of sp³-hybridized carbons (Fsp3) is 0.562. The molecular weight excluding hydrogens is 282 g/mol. The van der Waals surface area contributed by atoms with E-state index in [0.29, 0.717) is 5.92 Å². The Morgan fingerprint density at radius 2 is 2.43 bits per heavy atom. The van der Waals surface area contributed by atoms with Crippen molar-refractivity contribution in [2.24, 2.45) is 0 Å². The Labute approximate surface area is 130 Å². The first kappa shape index (κ1) is 14.6. The predicted molar refractivity (Wildman–Crippen MR) is 86.3 cm³/mol. The summed E-state index contributed by atoms with van der Waals surface area (Å²) in [5.74, 6) is 1.39. The normalized spacial score (nSPS) is 19.3. The molecule has 0 saturated heterocycles. The summed E-state index contributed by atoms with van der Waals surface area (Å²) in [5, 5.41) is 10.2. The van der Waals surface area contributed by atoms with E-state index in [1.54, 1.807) is 12.0 Å². The zero-order valence-electron chi connectivity index (χ0n) is 12.9. The number of thiophene rings is 1. The van der Waals surface area contributed by atoms with Crippen LogP contribution in [0.1, 0.15) is 47.9 Å². The molecular formula is C16H23N3OS. The first-order chi connectivity index (χ1) is 10.3. The van der Waals surface area contributed by atoms with Crippen molar-refractivity contribution in [2.75, 3.05) is 14.2 Å². The molecule has 2 heterocycles. The zero-order valence-corrected chi connectivity index (χ0v) is 13.7. The summed E-state index contributed by atoms with van der Waals surface area (Å²) in [7, 11) is 3.77. The van der Waals surface area contributed by atoms with E-state index < -0.39 is 0 Å². The third kappa shape index (κ3) is 2.49. The zero-order chi connectivity index (χ0) is 14.8. The van der Waals surface area contributed by atoms with Gasteiger partial charge < -0.3 is 10.1 Å². The molecule has 3 rings (SSSR count). The SMILES string of the molecule is CCn1ncc(OC)c1C(NC)C1CCCc2sccc21. The standard InChI is InChI=1S/C16H23N3OS/c1-4-19-16(13(20-3)10-18-19)15(17-2)12-6-5-7-14-11(12)8-9-21-14/h8-10,12,15,17H,4-7H2,1-3H3. The van der Waals surface area contributed by atoms with Crippen molar-refractivity contribution in [2.45, 2.75) is 44.7 Å². The van der Waals surface area contributed by atoms with Crippen molar-refractivity contribution >= 4 is 11.3 Å². The molecule has 2 aromatic heterocycles. The Bertz CT molecular complexity index is 583. The molecule has 2 atom stereocenters. The average molecular weight is 305 g/mol. The second kappa shape index (κ2) is 6.20. The van der Waals surface area contributed by atoms with Crippen LogP contribution in [0, 0.1) is 0 Å². The highest BCUT2D eigenvalue weighted by Crippen LogP contribution is 2.44. The van der Waals surface area contributed by atoms with Crippen LogP contribution in [0.3, 0.4) is 0 Å². The van der Waals surface area contributed by atoms with Gasteiger partial charge in [0.15, 0.2) is 5.75 Å². The van der Waals surface area contributed by atoms with E-state index in [-0.39, 0.29) is 6.04 Å². The summed E-state index contributed by atoms with van der Waals surface area (Å²) in [5.41, 5.74) is 2.68. The monoisotopic (exact) mass is 305 g/mol. The Hall–Kier alpha value is -1.33. The molecule has 0 fully saturated rings. The number of aryl methyl sites for hydroxylation is 2. The van der Waals surface area contributed by atoms with Gasteiger partial charge in [0.05, 0.1) is 25.0 Å². The molecule has 0 aliphatic heterocycles. The maximum Gasteiger partial charge on any atom is 0.161 e. The molecule has 114 valence electrons. The molecule has 0 spiro atoms. The highest BCUT2D eigenvalue weighted by Gasteiger charge is 2.32. The topological polar surface area (TPSA) is 39.1 Å². The highest BCUT2D eigenvalue weighted by molar-refractivity contribution is 7.10. The number of likely N-dealkylation sites (N-methyl/N-ethyl adjacent to an activating group) is 1.